The van der Waals surface area contributed by atoms with Gasteiger partial charge < -0.3 is 10.4 Å². The lowest BCUT2D eigenvalue weighted by Crippen LogP contribution is -2.46. The van der Waals surface area contributed by atoms with Crippen molar-refractivity contribution in [3.63, 3.8) is 0 Å². The van der Waals surface area contributed by atoms with E-state index in [1.165, 1.54) is 31.2 Å². The lowest BCUT2D eigenvalue weighted by atomic mass is 9.73. The number of nitrogens with one attached hydrogen (secondary N) is 1. The second kappa shape index (κ2) is 6.95. The normalized spacial score (nSPS) is 19.9. The minimum Gasteiger partial charge on any atom is -0.387 e. The topological polar surface area (TPSA) is 32.3 Å². The maximum absolute atomic E-state index is 10.3. The first kappa shape index (κ1) is 15.7. The third-order valence-electron chi connectivity index (χ3n) is 5.22. The van der Waals surface area contributed by atoms with Crippen LogP contribution < -0.4 is 5.32 Å². The molecule has 2 N–H and O–H groups in total. The van der Waals surface area contributed by atoms with Crippen LogP contribution in [-0.4, -0.2) is 17.7 Å². The molecule has 0 unspecified atom stereocenters. The lowest BCUT2D eigenvalue weighted by molar-refractivity contribution is 0.162. The second-order valence-electron chi connectivity index (χ2n) is 6.43. The quantitative estimate of drug-likeness (QED) is 0.834. The number of hydrogen-bond acceptors (Lipinski definition) is 3. The molecule has 0 bridgehead atoms. The van der Waals surface area contributed by atoms with Crippen LogP contribution in [0.4, 0.5) is 0 Å². The van der Waals surface area contributed by atoms with Gasteiger partial charge in [0.25, 0.3) is 0 Å². The number of rotatable bonds is 6. The summed E-state index contributed by atoms with van der Waals surface area (Å²) in [5.74, 6) is 0. The Morgan fingerprint density at radius 1 is 1.18 bits per heavy atom. The van der Waals surface area contributed by atoms with Gasteiger partial charge in [-0.05, 0) is 47.7 Å². The maximum atomic E-state index is 10.3. The van der Waals surface area contributed by atoms with Crippen molar-refractivity contribution in [2.75, 3.05) is 6.54 Å². The Labute approximate surface area is 137 Å². The number of hydrogen-bond donors (Lipinski definition) is 2. The van der Waals surface area contributed by atoms with Crippen LogP contribution in [0.3, 0.4) is 0 Å². The van der Waals surface area contributed by atoms with Crippen LogP contribution in [0.5, 0.6) is 0 Å². The monoisotopic (exact) mass is 315 g/mol. The number of benzene rings is 1. The molecule has 1 heterocycles. The van der Waals surface area contributed by atoms with Gasteiger partial charge in [-0.3, -0.25) is 0 Å². The van der Waals surface area contributed by atoms with E-state index in [0.29, 0.717) is 12.6 Å². The molecule has 0 spiro atoms. The van der Waals surface area contributed by atoms with Gasteiger partial charge in [-0.1, -0.05) is 43.2 Å². The van der Waals surface area contributed by atoms with Crippen molar-refractivity contribution < 1.29 is 5.11 Å². The lowest BCUT2D eigenvalue weighted by Gasteiger charge is -2.37. The minimum atomic E-state index is -0.414. The van der Waals surface area contributed by atoms with Crippen LogP contribution in [0.1, 0.15) is 49.8 Å². The van der Waals surface area contributed by atoms with Gasteiger partial charge in [-0.2, -0.15) is 11.3 Å². The fourth-order valence-corrected chi connectivity index (χ4v) is 4.52. The summed E-state index contributed by atoms with van der Waals surface area (Å²) in [6.07, 6.45) is 4.66. The summed E-state index contributed by atoms with van der Waals surface area (Å²) >= 11 is 1.64. The van der Waals surface area contributed by atoms with E-state index >= 15 is 0 Å². The van der Waals surface area contributed by atoms with Crippen molar-refractivity contribution in [3.8, 4) is 0 Å². The first-order valence-electron chi connectivity index (χ1n) is 8.21. The van der Waals surface area contributed by atoms with E-state index in [9.17, 15) is 5.11 Å². The summed E-state index contributed by atoms with van der Waals surface area (Å²) in [5, 5.41) is 18.0. The van der Waals surface area contributed by atoms with Crippen molar-refractivity contribution in [1.29, 1.82) is 0 Å². The fourth-order valence-electron chi connectivity index (χ4n) is 3.81. The molecular weight excluding hydrogens is 290 g/mol. The zero-order valence-corrected chi connectivity index (χ0v) is 14.0. The molecule has 0 amide bonds. The largest absolute Gasteiger partial charge is 0.387 e. The van der Waals surface area contributed by atoms with Gasteiger partial charge in [0.05, 0.1) is 6.10 Å². The molecule has 0 aliphatic heterocycles. The van der Waals surface area contributed by atoms with E-state index in [1.807, 2.05) is 16.8 Å². The highest BCUT2D eigenvalue weighted by Gasteiger charge is 2.40. The smallest absolute Gasteiger partial charge is 0.0922 e. The van der Waals surface area contributed by atoms with Crippen LogP contribution in [0, 0.1) is 0 Å². The zero-order valence-electron chi connectivity index (χ0n) is 13.2. The summed E-state index contributed by atoms with van der Waals surface area (Å²) in [7, 11) is 0. The van der Waals surface area contributed by atoms with E-state index in [-0.39, 0.29) is 5.41 Å². The van der Waals surface area contributed by atoms with Gasteiger partial charge in [0.1, 0.15) is 0 Å². The summed E-state index contributed by atoms with van der Waals surface area (Å²) in [6.45, 7) is 2.89. The zero-order chi connectivity index (χ0) is 15.4. The van der Waals surface area contributed by atoms with Crippen LogP contribution in [-0.2, 0) is 5.41 Å². The Morgan fingerprint density at radius 2 is 1.91 bits per heavy atom. The molecule has 2 atom stereocenters. The molecule has 22 heavy (non-hydrogen) atoms. The number of aliphatic hydroxyl groups is 1. The van der Waals surface area contributed by atoms with Crippen molar-refractivity contribution in [2.24, 2.45) is 0 Å². The standard InChI is InChI=1S/C19H25NOS/c1-15(20-13-18(21)16-9-12-22-14-16)19(10-5-6-11-19)17-7-3-2-4-8-17/h2-4,7-9,12,14-15,18,20-21H,5-6,10-11,13H2,1H3/t15-,18-/m1/s1. The predicted molar refractivity (Wildman–Crippen MR) is 93.3 cm³/mol. The molecule has 2 nitrogen and oxygen atoms in total. The van der Waals surface area contributed by atoms with E-state index in [4.69, 9.17) is 0 Å². The molecule has 118 valence electrons. The van der Waals surface area contributed by atoms with E-state index in [0.717, 1.165) is 5.56 Å². The Balaban J connectivity index is 1.70. The van der Waals surface area contributed by atoms with Gasteiger partial charge in [0.2, 0.25) is 0 Å². The molecule has 1 aliphatic carbocycles. The van der Waals surface area contributed by atoms with Crippen LogP contribution in [0.15, 0.2) is 47.2 Å². The average molecular weight is 315 g/mol. The molecule has 1 aromatic carbocycles. The van der Waals surface area contributed by atoms with Gasteiger partial charge in [0.15, 0.2) is 0 Å². The SMILES string of the molecule is C[C@@H](NC[C@@H](O)c1ccsc1)C1(c2ccccc2)CCCC1. The molecule has 2 aromatic rings. The fraction of sp³-hybridized carbons (Fsp3) is 0.474. The van der Waals surface area contributed by atoms with Crippen LogP contribution in [0.2, 0.25) is 0 Å². The van der Waals surface area contributed by atoms with Gasteiger partial charge in [-0.15, -0.1) is 0 Å². The highest BCUT2D eigenvalue weighted by atomic mass is 32.1. The maximum Gasteiger partial charge on any atom is 0.0922 e. The first-order valence-corrected chi connectivity index (χ1v) is 9.16. The van der Waals surface area contributed by atoms with Crippen LogP contribution in [0.25, 0.3) is 0 Å². The van der Waals surface area contributed by atoms with Crippen molar-refractivity contribution in [3.05, 3.63) is 58.3 Å². The van der Waals surface area contributed by atoms with E-state index in [2.05, 4.69) is 42.6 Å². The highest BCUT2D eigenvalue weighted by molar-refractivity contribution is 7.07. The molecule has 1 fully saturated rings. The molecule has 0 radical (unpaired) electrons. The number of aliphatic hydroxyl groups excluding tert-OH is 1. The van der Waals surface area contributed by atoms with Crippen molar-refractivity contribution >= 4 is 11.3 Å². The molecular formula is C19H25NOS. The van der Waals surface area contributed by atoms with Crippen molar-refractivity contribution in [2.45, 2.75) is 50.2 Å². The van der Waals surface area contributed by atoms with E-state index < -0.39 is 6.10 Å². The molecule has 0 saturated heterocycles. The molecule has 3 heteroatoms. The first-order chi connectivity index (χ1) is 10.7. The van der Waals surface area contributed by atoms with E-state index in [1.54, 1.807) is 11.3 Å². The summed E-state index contributed by atoms with van der Waals surface area (Å²) < 4.78 is 0. The van der Waals surface area contributed by atoms with Gasteiger partial charge in [0, 0.05) is 18.0 Å². The Kier molecular flexibility index (Phi) is 4.97. The average Bonchev–Trinajstić information content (AvgIpc) is 3.25. The molecule has 1 saturated carbocycles. The Hall–Kier alpha value is -1.16. The minimum absolute atomic E-state index is 0.218. The van der Waals surface area contributed by atoms with Gasteiger partial charge in [-0.25, -0.2) is 0 Å². The summed E-state index contributed by atoms with van der Waals surface area (Å²) in [6, 6.07) is 13.3. The van der Waals surface area contributed by atoms with Crippen LogP contribution >= 0.6 is 11.3 Å². The third kappa shape index (κ3) is 3.12. The Bertz CT molecular complexity index is 560. The molecule has 1 aliphatic rings. The molecule has 3 rings (SSSR count). The predicted octanol–water partition coefficient (Wildman–Crippen LogP) is 4.27. The van der Waals surface area contributed by atoms with Gasteiger partial charge >= 0.3 is 0 Å². The Morgan fingerprint density at radius 3 is 2.55 bits per heavy atom. The third-order valence-corrected chi connectivity index (χ3v) is 5.92. The summed E-state index contributed by atoms with van der Waals surface area (Å²) in [4.78, 5) is 0. The molecule has 1 aromatic heterocycles. The van der Waals surface area contributed by atoms with Crippen molar-refractivity contribution in [1.82, 2.24) is 5.32 Å². The summed E-state index contributed by atoms with van der Waals surface area (Å²) in [5.41, 5.74) is 2.68. The number of thiophene rings is 1. The second-order valence-corrected chi connectivity index (χ2v) is 7.21. The highest BCUT2D eigenvalue weighted by Crippen LogP contribution is 2.43.